The van der Waals surface area contributed by atoms with E-state index < -0.39 is 0 Å². The Morgan fingerprint density at radius 1 is 1.17 bits per heavy atom. The fourth-order valence-electron chi connectivity index (χ4n) is 2.35. The van der Waals surface area contributed by atoms with Crippen molar-refractivity contribution in [3.05, 3.63) is 58.2 Å². The zero-order valence-corrected chi connectivity index (χ0v) is 17.0. The third kappa shape index (κ3) is 4.70. The van der Waals surface area contributed by atoms with Crippen LogP contribution >= 0.6 is 35.3 Å². The van der Waals surface area contributed by atoms with Crippen LogP contribution in [-0.4, -0.2) is 22.4 Å². The quantitative estimate of drug-likeness (QED) is 0.352. The fraction of sp³-hybridized carbons (Fsp3) is 0.294. The first-order valence-corrected chi connectivity index (χ1v) is 8.55. The van der Waals surface area contributed by atoms with Crippen LogP contribution in [0.15, 0.2) is 47.7 Å². The van der Waals surface area contributed by atoms with E-state index in [0.717, 1.165) is 30.3 Å². The van der Waals surface area contributed by atoms with Crippen molar-refractivity contribution in [1.29, 1.82) is 0 Å². The number of imidazole rings is 1. The van der Waals surface area contributed by atoms with Crippen LogP contribution in [-0.2, 0) is 19.5 Å². The molecule has 24 heavy (non-hydrogen) atoms. The third-order valence-corrected chi connectivity index (χ3v) is 4.80. The number of fused-ring (bicyclic) bond motifs is 1. The molecule has 0 amide bonds. The van der Waals surface area contributed by atoms with E-state index in [4.69, 9.17) is 0 Å². The van der Waals surface area contributed by atoms with Gasteiger partial charge in [-0.3, -0.25) is 4.99 Å². The molecule has 0 atom stereocenters. The number of hydrogen-bond acceptors (Lipinski definition) is 3. The van der Waals surface area contributed by atoms with Crippen molar-refractivity contribution in [2.45, 2.75) is 26.4 Å². The largest absolute Gasteiger partial charge is 0.352 e. The maximum atomic E-state index is 4.57. The van der Waals surface area contributed by atoms with Gasteiger partial charge in [0, 0.05) is 29.2 Å². The monoisotopic (exact) mass is 455 g/mol. The summed E-state index contributed by atoms with van der Waals surface area (Å²) in [4.78, 5) is 11.6. The summed E-state index contributed by atoms with van der Waals surface area (Å²) in [5.41, 5.74) is 1.95. The molecule has 0 bridgehead atoms. The SMILES string of the molecule is CCc1ccc(CNC(=NC)NCc2cn3ccccc3n2)s1.I. The third-order valence-electron chi connectivity index (χ3n) is 3.57. The Balaban J connectivity index is 0.00000208. The van der Waals surface area contributed by atoms with Gasteiger partial charge in [0.1, 0.15) is 5.65 Å². The van der Waals surface area contributed by atoms with Gasteiger partial charge in [-0.05, 0) is 30.7 Å². The Kier molecular flexibility index (Phi) is 7.04. The molecule has 5 nitrogen and oxygen atoms in total. The van der Waals surface area contributed by atoms with Crippen molar-refractivity contribution in [3.63, 3.8) is 0 Å². The second-order valence-corrected chi connectivity index (χ2v) is 6.45. The van der Waals surface area contributed by atoms with Gasteiger partial charge in [0.05, 0.1) is 18.8 Å². The van der Waals surface area contributed by atoms with Crippen LogP contribution in [0, 0.1) is 0 Å². The lowest BCUT2D eigenvalue weighted by Gasteiger charge is -2.09. The van der Waals surface area contributed by atoms with Crippen LogP contribution in [0.5, 0.6) is 0 Å². The number of nitrogens with one attached hydrogen (secondary N) is 2. The number of aryl methyl sites for hydroxylation is 1. The van der Waals surface area contributed by atoms with Gasteiger partial charge in [-0.25, -0.2) is 4.98 Å². The van der Waals surface area contributed by atoms with Gasteiger partial charge in [-0.15, -0.1) is 35.3 Å². The van der Waals surface area contributed by atoms with E-state index in [9.17, 15) is 0 Å². The molecule has 0 saturated carbocycles. The van der Waals surface area contributed by atoms with E-state index in [2.05, 4.69) is 39.7 Å². The standard InChI is InChI=1S/C17H21N5S.HI/c1-3-14-7-8-15(23-14)11-20-17(18-2)19-10-13-12-22-9-5-4-6-16(22)21-13;/h4-9,12H,3,10-11H2,1-2H3,(H2,18,19,20);1H. The zero-order valence-electron chi connectivity index (χ0n) is 13.8. The number of hydrogen-bond donors (Lipinski definition) is 2. The highest BCUT2D eigenvalue weighted by Gasteiger charge is 2.04. The molecule has 0 saturated heterocycles. The average Bonchev–Trinajstić information content (AvgIpc) is 3.21. The Hall–Kier alpha value is -1.61. The predicted octanol–water partition coefficient (Wildman–Crippen LogP) is 3.44. The van der Waals surface area contributed by atoms with E-state index in [1.807, 2.05) is 46.3 Å². The summed E-state index contributed by atoms with van der Waals surface area (Å²) < 4.78 is 2.02. The molecular weight excluding hydrogens is 433 g/mol. The van der Waals surface area contributed by atoms with Gasteiger partial charge >= 0.3 is 0 Å². The summed E-state index contributed by atoms with van der Waals surface area (Å²) in [6, 6.07) is 10.3. The van der Waals surface area contributed by atoms with Crippen LogP contribution < -0.4 is 10.6 Å². The molecule has 128 valence electrons. The highest BCUT2D eigenvalue weighted by Crippen LogP contribution is 2.16. The van der Waals surface area contributed by atoms with Gasteiger partial charge in [-0.1, -0.05) is 13.0 Å². The molecular formula is C17H22IN5S. The second-order valence-electron chi connectivity index (χ2n) is 5.20. The highest BCUT2D eigenvalue weighted by atomic mass is 127. The molecule has 0 aliphatic heterocycles. The summed E-state index contributed by atoms with van der Waals surface area (Å²) in [7, 11) is 1.78. The van der Waals surface area contributed by atoms with Crippen molar-refractivity contribution >= 4 is 46.9 Å². The van der Waals surface area contributed by atoms with Crippen LogP contribution in [0.4, 0.5) is 0 Å². The molecule has 0 aromatic carbocycles. The van der Waals surface area contributed by atoms with Crippen molar-refractivity contribution in [2.75, 3.05) is 7.05 Å². The van der Waals surface area contributed by atoms with Crippen LogP contribution in [0.1, 0.15) is 22.4 Å². The van der Waals surface area contributed by atoms with E-state index in [0.29, 0.717) is 6.54 Å². The predicted molar refractivity (Wildman–Crippen MR) is 111 cm³/mol. The lowest BCUT2D eigenvalue weighted by Crippen LogP contribution is -2.36. The average molecular weight is 455 g/mol. The summed E-state index contributed by atoms with van der Waals surface area (Å²) >= 11 is 1.84. The van der Waals surface area contributed by atoms with Gasteiger partial charge in [0.2, 0.25) is 0 Å². The first kappa shape index (κ1) is 18.7. The first-order chi connectivity index (χ1) is 11.3. The normalized spacial score (nSPS) is 11.3. The second kappa shape index (κ2) is 9.03. The number of aromatic nitrogens is 2. The maximum absolute atomic E-state index is 4.57. The van der Waals surface area contributed by atoms with E-state index in [-0.39, 0.29) is 24.0 Å². The minimum Gasteiger partial charge on any atom is -0.352 e. The Morgan fingerprint density at radius 2 is 1.96 bits per heavy atom. The van der Waals surface area contributed by atoms with Crippen molar-refractivity contribution in [3.8, 4) is 0 Å². The van der Waals surface area contributed by atoms with Crippen LogP contribution in [0.25, 0.3) is 5.65 Å². The molecule has 2 N–H and O–H groups in total. The lowest BCUT2D eigenvalue weighted by molar-refractivity contribution is 0.804. The molecule has 0 spiro atoms. The number of aliphatic imine (C=N–C) groups is 1. The van der Waals surface area contributed by atoms with Gasteiger partial charge in [0.15, 0.2) is 5.96 Å². The first-order valence-electron chi connectivity index (χ1n) is 7.73. The van der Waals surface area contributed by atoms with Gasteiger partial charge in [0.25, 0.3) is 0 Å². The smallest absolute Gasteiger partial charge is 0.191 e. The molecule has 0 aliphatic carbocycles. The van der Waals surface area contributed by atoms with E-state index in [1.165, 1.54) is 9.75 Å². The Morgan fingerprint density at radius 3 is 2.67 bits per heavy atom. The number of thiophene rings is 1. The van der Waals surface area contributed by atoms with Crippen LogP contribution in [0.3, 0.4) is 0 Å². The number of halogens is 1. The van der Waals surface area contributed by atoms with Crippen molar-refractivity contribution in [1.82, 2.24) is 20.0 Å². The molecule has 0 radical (unpaired) electrons. The Bertz CT molecular complexity index is 775. The fourth-order valence-corrected chi connectivity index (χ4v) is 3.24. The number of rotatable bonds is 5. The summed E-state index contributed by atoms with van der Waals surface area (Å²) in [6.07, 6.45) is 5.12. The van der Waals surface area contributed by atoms with Crippen molar-refractivity contribution < 1.29 is 0 Å². The molecule has 3 aromatic heterocycles. The lowest BCUT2D eigenvalue weighted by atomic mass is 10.3. The molecule has 3 rings (SSSR count). The molecule has 7 heteroatoms. The summed E-state index contributed by atoms with van der Waals surface area (Å²) in [5.74, 6) is 0.786. The molecule has 3 heterocycles. The minimum absolute atomic E-state index is 0. The molecule has 0 aliphatic rings. The zero-order chi connectivity index (χ0) is 16.1. The van der Waals surface area contributed by atoms with E-state index >= 15 is 0 Å². The molecule has 0 unspecified atom stereocenters. The molecule has 3 aromatic rings. The van der Waals surface area contributed by atoms with Gasteiger partial charge in [-0.2, -0.15) is 0 Å². The molecule has 0 fully saturated rings. The number of nitrogens with zero attached hydrogens (tertiary/aromatic N) is 3. The van der Waals surface area contributed by atoms with Crippen molar-refractivity contribution in [2.24, 2.45) is 4.99 Å². The Labute approximate surface area is 163 Å². The van der Waals surface area contributed by atoms with E-state index in [1.54, 1.807) is 7.05 Å². The van der Waals surface area contributed by atoms with Crippen LogP contribution in [0.2, 0.25) is 0 Å². The topological polar surface area (TPSA) is 53.7 Å². The number of guanidine groups is 1. The minimum atomic E-state index is 0. The summed E-state index contributed by atoms with van der Waals surface area (Å²) in [5, 5.41) is 6.65. The number of pyridine rings is 1. The summed E-state index contributed by atoms with van der Waals surface area (Å²) in [6.45, 7) is 3.61. The maximum Gasteiger partial charge on any atom is 0.191 e. The highest BCUT2D eigenvalue weighted by molar-refractivity contribution is 14.0. The van der Waals surface area contributed by atoms with Gasteiger partial charge < -0.3 is 15.0 Å².